The fraction of sp³-hybridized carbons (Fsp3) is 0.364. The number of hydrogen-bond donors (Lipinski definition) is 3. The van der Waals surface area contributed by atoms with Crippen LogP contribution >= 0.6 is 0 Å². The fourth-order valence-electron chi connectivity index (χ4n) is 4.01. The molecule has 0 saturated carbocycles. The van der Waals surface area contributed by atoms with Gasteiger partial charge in [0.2, 0.25) is 11.7 Å². The van der Waals surface area contributed by atoms with Crippen molar-refractivity contribution in [2.75, 3.05) is 6.54 Å². The number of aliphatic carboxylic acids is 1. The van der Waals surface area contributed by atoms with E-state index >= 15 is 0 Å². The Hall–Kier alpha value is -3.47. The van der Waals surface area contributed by atoms with Crippen LogP contribution in [0.2, 0.25) is 0 Å². The van der Waals surface area contributed by atoms with Crippen molar-refractivity contribution in [2.24, 2.45) is 0 Å². The van der Waals surface area contributed by atoms with Gasteiger partial charge in [0.1, 0.15) is 0 Å². The minimum Gasteiger partial charge on any atom is -0.475 e. The summed E-state index contributed by atoms with van der Waals surface area (Å²) in [5, 5.41) is 14.5. The maximum absolute atomic E-state index is 12.4. The average molecular weight is 462 g/mol. The molecule has 1 aliphatic heterocycles. The molecule has 0 amide bonds. The van der Waals surface area contributed by atoms with Crippen molar-refractivity contribution in [2.45, 2.75) is 44.3 Å². The molecule has 2 aromatic heterocycles. The third-order valence-electron chi connectivity index (χ3n) is 5.70. The third-order valence-corrected chi connectivity index (χ3v) is 5.70. The van der Waals surface area contributed by atoms with E-state index in [1.54, 1.807) is 0 Å². The van der Waals surface area contributed by atoms with E-state index in [0.717, 1.165) is 50.0 Å². The minimum absolute atomic E-state index is 0.146. The van der Waals surface area contributed by atoms with Crippen LogP contribution < -0.4 is 10.9 Å². The number of nitrogens with zero attached hydrogens (tertiary/aromatic N) is 2. The van der Waals surface area contributed by atoms with Crippen molar-refractivity contribution in [1.82, 2.24) is 20.4 Å². The summed E-state index contributed by atoms with van der Waals surface area (Å²) in [4.78, 5) is 28.9. The number of rotatable bonds is 2. The fourth-order valence-corrected chi connectivity index (χ4v) is 4.01. The Morgan fingerprint density at radius 2 is 1.88 bits per heavy atom. The highest BCUT2D eigenvalue weighted by atomic mass is 19.4. The van der Waals surface area contributed by atoms with E-state index in [-0.39, 0.29) is 11.5 Å². The molecule has 174 valence electrons. The van der Waals surface area contributed by atoms with Crippen LogP contribution in [0.3, 0.4) is 0 Å². The van der Waals surface area contributed by atoms with Crippen LogP contribution in [-0.4, -0.2) is 38.9 Å². The summed E-state index contributed by atoms with van der Waals surface area (Å²) in [5.41, 5.74) is 5.20. The smallest absolute Gasteiger partial charge is 0.475 e. The first-order valence-corrected chi connectivity index (χ1v) is 10.4. The first-order valence-electron chi connectivity index (χ1n) is 10.4. The summed E-state index contributed by atoms with van der Waals surface area (Å²) in [7, 11) is 0. The Balaban J connectivity index is 0.000000325. The average Bonchev–Trinajstić information content (AvgIpc) is 3.28. The molecule has 11 heteroatoms. The molecule has 0 fully saturated rings. The Bertz CT molecular complexity index is 1220. The van der Waals surface area contributed by atoms with Gasteiger partial charge in [-0.05, 0) is 42.0 Å². The van der Waals surface area contributed by atoms with Gasteiger partial charge in [-0.1, -0.05) is 29.4 Å². The number of carboxylic acid groups (broad SMARTS) is 1. The van der Waals surface area contributed by atoms with Crippen LogP contribution in [0.25, 0.3) is 11.4 Å². The maximum Gasteiger partial charge on any atom is 0.490 e. The minimum atomic E-state index is -5.08. The predicted molar refractivity (Wildman–Crippen MR) is 111 cm³/mol. The molecule has 33 heavy (non-hydrogen) atoms. The SMILES string of the molecule is O=C(O)C(F)(F)F.O=c1[nH]c2c(cc1-c1noc(C3CCc4ccccc4C3)n1)CNCC2. The highest BCUT2D eigenvalue weighted by Gasteiger charge is 2.38. The second-order valence-electron chi connectivity index (χ2n) is 7.91. The molecule has 0 bridgehead atoms. The lowest BCUT2D eigenvalue weighted by Crippen LogP contribution is -2.27. The first-order chi connectivity index (χ1) is 15.7. The number of aryl methyl sites for hydroxylation is 1. The van der Waals surface area contributed by atoms with Gasteiger partial charge in [-0.25, -0.2) is 4.79 Å². The van der Waals surface area contributed by atoms with Gasteiger partial charge in [0.05, 0.1) is 5.56 Å². The first kappa shape index (κ1) is 22.7. The summed E-state index contributed by atoms with van der Waals surface area (Å²) in [6.45, 7) is 1.64. The molecule has 1 atom stereocenters. The van der Waals surface area contributed by atoms with Crippen LogP contribution in [-0.2, 0) is 30.6 Å². The second-order valence-corrected chi connectivity index (χ2v) is 7.91. The van der Waals surface area contributed by atoms with E-state index in [4.69, 9.17) is 14.4 Å². The van der Waals surface area contributed by atoms with Gasteiger partial charge in [0.25, 0.3) is 5.56 Å². The van der Waals surface area contributed by atoms with E-state index in [2.05, 4.69) is 44.7 Å². The molecular weight excluding hydrogens is 441 g/mol. The lowest BCUT2D eigenvalue weighted by molar-refractivity contribution is -0.192. The zero-order valence-electron chi connectivity index (χ0n) is 17.4. The summed E-state index contributed by atoms with van der Waals surface area (Å²) in [5.74, 6) is -1.53. The largest absolute Gasteiger partial charge is 0.490 e. The molecule has 3 aromatic rings. The second kappa shape index (κ2) is 9.18. The van der Waals surface area contributed by atoms with Gasteiger partial charge >= 0.3 is 12.1 Å². The Morgan fingerprint density at radius 1 is 1.15 bits per heavy atom. The van der Waals surface area contributed by atoms with Crippen LogP contribution in [0.4, 0.5) is 13.2 Å². The standard InChI is InChI=1S/C20H20N4O2.C2HF3O2/c25-19-16(10-15-11-21-8-7-17(15)22-19)18-23-20(26-24-18)14-6-5-12-3-1-2-4-13(12)9-14;3-2(4,5)1(6)7/h1-4,10,14,21H,5-9,11H2,(H,22,25);(H,6,7). The van der Waals surface area contributed by atoms with Gasteiger partial charge in [-0.3, -0.25) is 4.79 Å². The summed E-state index contributed by atoms with van der Waals surface area (Å²) >= 11 is 0. The van der Waals surface area contributed by atoms with E-state index in [0.29, 0.717) is 17.3 Å². The lowest BCUT2D eigenvalue weighted by atomic mass is 9.84. The van der Waals surface area contributed by atoms with Crippen molar-refractivity contribution in [3.63, 3.8) is 0 Å². The Morgan fingerprint density at radius 3 is 2.61 bits per heavy atom. The van der Waals surface area contributed by atoms with Crippen molar-refractivity contribution in [3.8, 4) is 11.4 Å². The highest BCUT2D eigenvalue weighted by Crippen LogP contribution is 2.32. The molecule has 0 spiro atoms. The number of nitrogens with one attached hydrogen (secondary N) is 2. The topological polar surface area (TPSA) is 121 Å². The number of H-pyrrole nitrogens is 1. The normalized spacial score (nSPS) is 17.4. The van der Waals surface area contributed by atoms with E-state index < -0.39 is 12.1 Å². The number of alkyl halides is 3. The van der Waals surface area contributed by atoms with E-state index in [1.807, 2.05) is 6.07 Å². The van der Waals surface area contributed by atoms with Gasteiger partial charge in [-0.15, -0.1) is 0 Å². The van der Waals surface area contributed by atoms with Crippen molar-refractivity contribution in [1.29, 1.82) is 0 Å². The molecule has 3 N–H and O–H groups in total. The number of aromatic nitrogens is 3. The summed E-state index contributed by atoms with van der Waals surface area (Å²) < 4.78 is 37.3. The molecule has 0 saturated heterocycles. The number of halogens is 3. The highest BCUT2D eigenvalue weighted by molar-refractivity contribution is 5.73. The molecule has 3 heterocycles. The van der Waals surface area contributed by atoms with Gasteiger partial charge in [-0.2, -0.15) is 18.2 Å². The third kappa shape index (κ3) is 5.14. The van der Waals surface area contributed by atoms with Crippen LogP contribution in [0.1, 0.15) is 40.6 Å². The van der Waals surface area contributed by atoms with Crippen molar-refractivity contribution < 1.29 is 27.6 Å². The van der Waals surface area contributed by atoms with Gasteiger partial charge < -0.3 is 19.9 Å². The number of carbonyl (C=O) groups is 1. The van der Waals surface area contributed by atoms with Crippen molar-refractivity contribution >= 4 is 5.97 Å². The summed E-state index contributed by atoms with van der Waals surface area (Å²) in [6.07, 6.45) is -1.33. The van der Waals surface area contributed by atoms with Crippen molar-refractivity contribution in [3.05, 3.63) is 69.0 Å². The Kier molecular flexibility index (Phi) is 6.32. The zero-order chi connectivity index (χ0) is 23.6. The number of hydrogen-bond acceptors (Lipinski definition) is 6. The zero-order valence-corrected chi connectivity index (χ0v) is 17.4. The molecule has 1 unspecified atom stereocenters. The number of aromatic amines is 1. The van der Waals surface area contributed by atoms with Crippen LogP contribution in [0.5, 0.6) is 0 Å². The molecule has 1 aromatic carbocycles. The molecule has 1 aliphatic carbocycles. The van der Waals surface area contributed by atoms with Gasteiger partial charge in [0, 0.05) is 31.1 Å². The molecule has 8 nitrogen and oxygen atoms in total. The van der Waals surface area contributed by atoms with Gasteiger partial charge in [0.15, 0.2) is 0 Å². The molecular formula is C22H21F3N4O4. The lowest BCUT2D eigenvalue weighted by Gasteiger charge is -2.21. The number of benzene rings is 1. The number of fused-ring (bicyclic) bond motifs is 2. The summed E-state index contributed by atoms with van der Waals surface area (Å²) in [6, 6.07) is 10.4. The molecule has 2 aliphatic rings. The van der Waals surface area contributed by atoms with Crippen LogP contribution in [0.15, 0.2) is 39.6 Å². The predicted octanol–water partition coefficient (Wildman–Crippen LogP) is 2.98. The quantitative estimate of drug-likeness (QED) is 0.535. The number of carboxylic acids is 1. The molecule has 0 radical (unpaired) electrons. The Labute approximate surface area is 185 Å². The van der Waals surface area contributed by atoms with E-state index in [1.165, 1.54) is 11.1 Å². The number of pyridine rings is 1. The maximum atomic E-state index is 12.4. The monoisotopic (exact) mass is 462 g/mol. The molecule has 5 rings (SSSR count). The van der Waals surface area contributed by atoms with E-state index in [9.17, 15) is 18.0 Å². The van der Waals surface area contributed by atoms with Crippen LogP contribution in [0, 0.1) is 0 Å².